The van der Waals surface area contributed by atoms with Gasteiger partial charge in [0, 0.05) is 24.3 Å². The molecule has 0 saturated carbocycles. The molecule has 106 valence electrons. The molecule has 0 bridgehead atoms. The van der Waals surface area contributed by atoms with Crippen LogP contribution in [0.4, 0.5) is 5.82 Å². The lowest BCUT2D eigenvalue weighted by atomic mass is 9.96. The molecule has 1 aliphatic carbocycles. The van der Waals surface area contributed by atoms with Crippen molar-refractivity contribution in [1.82, 2.24) is 9.97 Å². The SMILES string of the molecule is CCC.Cc1nc2c(c(N3CCCC3)n1)CCCC2. The molecule has 0 aromatic carbocycles. The van der Waals surface area contributed by atoms with Crippen molar-refractivity contribution < 1.29 is 0 Å². The summed E-state index contributed by atoms with van der Waals surface area (Å²) in [4.78, 5) is 11.7. The number of hydrogen-bond acceptors (Lipinski definition) is 3. The Morgan fingerprint density at radius 2 is 1.58 bits per heavy atom. The van der Waals surface area contributed by atoms with E-state index in [2.05, 4.69) is 28.7 Å². The van der Waals surface area contributed by atoms with Crippen LogP contribution in [0.25, 0.3) is 0 Å². The van der Waals surface area contributed by atoms with E-state index in [0.717, 1.165) is 12.2 Å². The summed E-state index contributed by atoms with van der Waals surface area (Å²) in [6.07, 6.45) is 8.82. The minimum absolute atomic E-state index is 0.947. The minimum Gasteiger partial charge on any atom is -0.356 e. The van der Waals surface area contributed by atoms with Gasteiger partial charge >= 0.3 is 0 Å². The highest BCUT2D eigenvalue weighted by atomic mass is 15.2. The molecule has 3 nitrogen and oxygen atoms in total. The number of aryl methyl sites for hydroxylation is 2. The van der Waals surface area contributed by atoms with Crippen molar-refractivity contribution in [2.75, 3.05) is 18.0 Å². The topological polar surface area (TPSA) is 29.0 Å². The molecule has 1 aliphatic heterocycles. The van der Waals surface area contributed by atoms with Gasteiger partial charge in [-0.15, -0.1) is 0 Å². The molecule has 2 heterocycles. The van der Waals surface area contributed by atoms with Gasteiger partial charge < -0.3 is 4.90 Å². The van der Waals surface area contributed by atoms with Gasteiger partial charge in [0.25, 0.3) is 0 Å². The van der Waals surface area contributed by atoms with Gasteiger partial charge in [-0.1, -0.05) is 20.3 Å². The molecular formula is C16H27N3. The molecule has 1 aromatic rings. The maximum absolute atomic E-state index is 4.68. The summed E-state index contributed by atoms with van der Waals surface area (Å²) in [5, 5.41) is 0. The van der Waals surface area contributed by atoms with Crippen LogP contribution in [0.1, 0.15) is 63.0 Å². The van der Waals surface area contributed by atoms with E-state index in [1.54, 1.807) is 0 Å². The second kappa shape index (κ2) is 6.88. The summed E-state index contributed by atoms with van der Waals surface area (Å²) in [5.74, 6) is 2.20. The van der Waals surface area contributed by atoms with E-state index in [0.29, 0.717) is 0 Å². The van der Waals surface area contributed by atoms with Crippen LogP contribution in [0.5, 0.6) is 0 Å². The van der Waals surface area contributed by atoms with Gasteiger partial charge in [0.1, 0.15) is 11.6 Å². The Bertz CT molecular complexity index is 409. The molecule has 19 heavy (non-hydrogen) atoms. The number of aromatic nitrogens is 2. The van der Waals surface area contributed by atoms with E-state index in [-0.39, 0.29) is 0 Å². The van der Waals surface area contributed by atoms with Gasteiger partial charge in [0.15, 0.2) is 0 Å². The van der Waals surface area contributed by atoms with Gasteiger partial charge in [-0.25, -0.2) is 9.97 Å². The number of rotatable bonds is 1. The normalized spacial score (nSPS) is 17.7. The van der Waals surface area contributed by atoms with Crippen molar-refractivity contribution >= 4 is 5.82 Å². The molecule has 0 atom stereocenters. The van der Waals surface area contributed by atoms with Gasteiger partial charge in [0.2, 0.25) is 0 Å². The summed E-state index contributed by atoms with van der Waals surface area (Å²) in [6, 6.07) is 0. The third kappa shape index (κ3) is 3.46. The second-order valence-electron chi connectivity index (χ2n) is 5.63. The van der Waals surface area contributed by atoms with Gasteiger partial charge in [-0.05, 0) is 45.4 Å². The number of fused-ring (bicyclic) bond motifs is 1. The predicted octanol–water partition coefficient (Wildman–Crippen LogP) is 3.68. The van der Waals surface area contributed by atoms with Crippen molar-refractivity contribution in [2.45, 2.75) is 65.7 Å². The van der Waals surface area contributed by atoms with Crippen LogP contribution < -0.4 is 4.90 Å². The molecular weight excluding hydrogens is 234 g/mol. The molecule has 1 saturated heterocycles. The molecule has 0 amide bonds. The summed E-state index contributed by atoms with van der Waals surface area (Å²) in [7, 11) is 0. The van der Waals surface area contributed by atoms with Crippen LogP contribution >= 0.6 is 0 Å². The second-order valence-corrected chi connectivity index (χ2v) is 5.63. The first-order chi connectivity index (χ1) is 9.26. The number of hydrogen-bond donors (Lipinski definition) is 0. The van der Waals surface area contributed by atoms with Crippen LogP contribution in [0.2, 0.25) is 0 Å². The first kappa shape index (κ1) is 14.3. The standard InChI is InChI=1S/C13H19N3.C3H8/c1-10-14-12-7-3-2-6-11(12)13(15-10)16-8-4-5-9-16;1-3-2/h2-9H2,1H3;3H2,1-2H3. The Hall–Kier alpha value is -1.12. The molecule has 0 radical (unpaired) electrons. The zero-order valence-electron chi connectivity index (χ0n) is 12.7. The van der Waals surface area contributed by atoms with Crippen molar-refractivity contribution in [3.05, 3.63) is 17.1 Å². The van der Waals surface area contributed by atoms with Crippen LogP contribution in [0, 0.1) is 6.92 Å². The molecule has 2 aliphatic rings. The van der Waals surface area contributed by atoms with Crippen molar-refractivity contribution in [2.24, 2.45) is 0 Å². The minimum atomic E-state index is 0.947. The van der Waals surface area contributed by atoms with Crippen LogP contribution in [-0.4, -0.2) is 23.1 Å². The van der Waals surface area contributed by atoms with Gasteiger partial charge in [-0.2, -0.15) is 0 Å². The Balaban J connectivity index is 0.000000408. The van der Waals surface area contributed by atoms with Gasteiger partial charge in [0.05, 0.1) is 0 Å². The Morgan fingerprint density at radius 3 is 2.26 bits per heavy atom. The Kier molecular flexibility index (Phi) is 5.17. The third-order valence-electron chi connectivity index (χ3n) is 3.68. The maximum atomic E-state index is 4.68. The lowest BCUT2D eigenvalue weighted by Gasteiger charge is -2.24. The fourth-order valence-corrected chi connectivity index (χ4v) is 2.89. The largest absolute Gasteiger partial charge is 0.356 e. The average molecular weight is 261 g/mol. The molecule has 0 unspecified atom stereocenters. The van der Waals surface area contributed by atoms with E-state index in [4.69, 9.17) is 0 Å². The summed E-state index contributed by atoms with van der Waals surface area (Å²) in [5.41, 5.74) is 2.76. The predicted molar refractivity (Wildman–Crippen MR) is 80.8 cm³/mol. The van der Waals surface area contributed by atoms with Crippen molar-refractivity contribution in [1.29, 1.82) is 0 Å². The average Bonchev–Trinajstić information content (AvgIpc) is 2.92. The summed E-state index contributed by atoms with van der Waals surface area (Å²) < 4.78 is 0. The molecule has 1 fully saturated rings. The monoisotopic (exact) mass is 261 g/mol. The third-order valence-corrected chi connectivity index (χ3v) is 3.68. The van der Waals surface area contributed by atoms with E-state index in [9.17, 15) is 0 Å². The smallest absolute Gasteiger partial charge is 0.135 e. The quantitative estimate of drug-likeness (QED) is 0.772. The maximum Gasteiger partial charge on any atom is 0.135 e. The highest BCUT2D eigenvalue weighted by Crippen LogP contribution is 2.29. The molecule has 3 rings (SSSR count). The fourth-order valence-electron chi connectivity index (χ4n) is 2.89. The van der Waals surface area contributed by atoms with Crippen molar-refractivity contribution in [3.8, 4) is 0 Å². The molecule has 1 aromatic heterocycles. The number of anilines is 1. The lowest BCUT2D eigenvalue weighted by molar-refractivity contribution is 0.654. The van der Waals surface area contributed by atoms with Crippen molar-refractivity contribution in [3.63, 3.8) is 0 Å². The lowest BCUT2D eigenvalue weighted by Crippen LogP contribution is -2.23. The Morgan fingerprint density at radius 1 is 0.947 bits per heavy atom. The molecule has 0 spiro atoms. The highest BCUT2D eigenvalue weighted by Gasteiger charge is 2.22. The molecule has 0 N–H and O–H groups in total. The fraction of sp³-hybridized carbons (Fsp3) is 0.750. The summed E-state index contributed by atoms with van der Waals surface area (Å²) >= 11 is 0. The van der Waals surface area contributed by atoms with Crippen LogP contribution in [0.3, 0.4) is 0 Å². The Labute approximate surface area is 117 Å². The van der Waals surface area contributed by atoms with E-state index >= 15 is 0 Å². The van der Waals surface area contributed by atoms with Gasteiger partial charge in [-0.3, -0.25) is 0 Å². The zero-order valence-corrected chi connectivity index (χ0v) is 12.7. The summed E-state index contributed by atoms with van der Waals surface area (Å²) in [6.45, 7) is 8.64. The zero-order chi connectivity index (χ0) is 13.7. The molecule has 3 heteroatoms. The van der Waals surface area contributed by atoms with E-state index in [1.807, 2.05) is 6.92 Å². The highest BCUT2D eigenvalue weighted by molar-refractivity contribution is 5.50. The first-order valence-corrected chi connectivity index (χ1v) is 7.87. The number of nitrogens with zero attached hydrogens (tertiary/aromatic N) is 3. The first-order valence-electron chi connectivity index (χ1n) is 7.87. The van der Waals surface area contributed by atoms with E-state index < -0.39 is 0 Å². The van der Waals surface area contributed by atoms with Crippen LogP contribution in [-0.2, 0) is 12.8 Å². The van der Waals surface area contributed by atoms with E-state index in [1.165, 1.54) is 68.7 Å². The van der Waals surface area contributed by atoms with Crippen LogP contribution in [0.15, 0.2) is 0 Å².